The average Bonchev–Trinajstić information content (AvgIpc) is 3.69. The van der Waals surface area contributed by atoms with Crippen molar-refractivity contribution in [3.05, 3.63) is 65.5 Å². The number of hydrogen-bond donors (Lipinski definition) is 0. The molecule has 2 amide bonds. The molecular formula is C28H33FN4O4. The molecule has 1 saturated carbocycles. The third-order valence-electron chi connectivity index (χ3n) is 7.20. The Morgan fingerprint density at radius 2 is 1.84 bits per heavy atom. The molecule has 1 unspecified atom stereocenters. The zero-order valence-electron chi connectivity index (χ0n) is 21.1. The van der Waals surface area contributed by atoms with Crippen molar-refractivity contribution in [2.45, 2.75) is 25.3 Å². The van der Waals surface area contributed by atoms with Gasteiger partial charge in [-0.2, -0.15) is 5.10 Å². The quantitative estimate of drug-likeness (QED) is 0.521. The minimum Gasteiger partial charge on any atom is -0.496 e. The van der Waals surface area contributed by atoms with Crippen molar-refractivity contribution in [3.8, 4) is 5.75 Å². The maximum atomic E-state index is 14.7. The van der Waals surface area contributed by atoms with Crippen LogP contribution in [0.1, 0.15) is 36.4 Å². The molecule has 0 radical (unpaired) electrons. The van der Waals surface area contributed by atoms with Crippen molar-refractivity contribution < 1.29 is 23.5 Å². The number of carbonyl (C=O) groups excluding carboxylic acids is 2. The summed E-state index contributed by atoms with van der Waals surface area (Å²) < 4.78 is 25.7. The smallest absolute Gasteiger partial charge is 0.262 e. The summed E-state index contributed by atoms with van der Waals surface area (Å²) in [5, 5.41) is 6.03. The van der Waals surface area contributed by atoms with Gasteiger partial charge in [-0.1, -0.05) is 36.4 Å². The number of amides is 2. The highest BCUT2D eigenvalue weighted by atomic mass is 19.1. The fourth-order valence-corrected chi connectivity index (χ4v) is 4.96. The molecule has 0 aromatic heterocycles. The maximum Gasteiger partial charge on any atom is 0.262 e. The van der Waals surface area contributed by atoms with Gasteiger partial charge in [-0.25, -0.2) is 9.40 Å². The van der Waals surface area contributed by atoms with Crippen molar-refractivity contribution in [1.29, 1.82) is 0 Å². The summed E-state index contributed by atoms with van der Waals surface area (Å²) >= 11 is 0. The first-order valence-electron chi connectivity index (χ1n) is 12.9. The number of morpholine rings is 1. The average molecular weight is 509 g/mol. The predicted octanol–water partition coefficient (Wildman–Crippen LogP) is 3.08. The first-order chi connectivity index (χ1) is 18.0. The Bertz CT molecular complexity index is 1160. The van der Waals surface area contributed by atoms with E-state index < -0.39 is 6.04 Å². The van der Waals surface area contributed by atoms with Crippen LogP contribution in [0.15, 0.2) is 53.6 Å². The largest absolute Gasteiger partial charge is 0.496 e. The molecule has 3 aliphatic rings. The zero-order chi connectivity index (χ0) is 25.8. The van der Waals surface area contributed by atoms with Crippen molar-refractivity contribution in [3.63, 3.8) is 0 Å². The number of halogens is 1. The monoisotopic (exact) mass is 508 g/mol. The first-order valence-corrected chi connectivity index (χ1v) is 12.9. The van der Waals surface area contributed by atoms with Gasteiger partial charge in [-0.3, -0.25) is 14.5 Å². The normalized spacial score (nSPS) is 20.0. The topological polar surface area (TPSA) is 74.7 Å². The van der Waals surface area contributed by atoms with Crippen molar-refractivity contribution in [2.24, 2.45) is 11.0 Å². The van der Waals surface area contributed by atoms with E-state index in [2.05, 4.69) is 10.0 Å². The molecule has 1 atom stereocenters. The molecule has 2 aromatic rings. The summed E-state index contributed by atoms with van der Waals surface area (Å²) in [7, 11) is 1.58. The minimum atomic E-state index is -0.463. The molecule has 5 rings (SSSR count). The molecule has 1 aliphatic carbocycles. The molecule has 0 bridgehead atoms. The third-order valence-corrected chi connectivity index (χ3v) is 7.20. The van der Waals surface area contributed by atoms with E-state index in [1.807, 2.05) is 24.3 Å². The molecule has 37 heavy (non-hydrogen) atoms. The Hall–Kier alpha value is -3.30. The van der Waals surface area contributed by atoms with Crippen molar-refractivity contribution in [2.75, 3.05) is 53.0 Å². The molecule has 2 aliphatic heterocycles. The summed E-state index contributed by atoms with van der Waals surface area (Å²) in [5.41, 5.74) is 1.66. The Labute approximate surface area is 216 Å². The molecule has 196 valence electrons. The fraction of sp³-hybridized carbons (Fsp3) is 0.464. The fourth-order valence-electron chi connectivity index (χ4n) is 4.96. The van der Waals surface area contributed by atoms with Crippen LogP contribution in [0.25, 0.3) is 0 Å². The molecule has 2 fully saturated rings. The van der Waals surface area contributed by atoms with Crippen LogP contribution in [-0.2, 0) is 14.3 Å². The van der Waals surface area contributed by atoms with E-state index in [9.17, 15) is 14.0 Å². The molecule has 2 heterocycles. The Kier molecular flexibility index (Phi) is 7.81. The van der Waals surface area contributed by atoms with Gasteiger partial charge < -0.3 is 14.4 Å². The Balaban J connectivity index is 1.39. The van der Waals surface area contributed by atoms with Gasteiger partial charge in [-0.15, -0.1) is 0 Å². The number of carbonyl (C=O) groups is 2. The van der Waals surface area contributed by atoms with E-state index in [1.165, 1.54) is 11.1 Å². The number of para-hydroxylation sites is 1. The van der Waals surface area contributed by atoms with Gasteiger partial charge in [0.2, 0.25) is 5.91 Å². The second kappa shape index (κ2) is 11.4. The molecule has 0 spiro atoms. The molecule has 1 saturated heterocycles. The number of ether oxygens (including phenoxy) is 2. The highest BCUT2D eigenvalue weighted by Crippen LogP contribution is 2.38. The van der Waals surface area contributed by atoms with Crippen LogP contribution in [-0.4, -0.2) is 85.4 Å². The van der Waals surface area contributed by atoms with Gasteiger partial charge in [0.25, 0.3) is 5.91 Å². The maximum absolute atomic E-state index is 14.7. The summed E-state index contributed by atoms with van der Waals surface area (Å²) in [4.78, 5) is 30.8. The van der Waals surface area contributed by atoms with Gasteiger partial charge >= 0.3 is 0 Å². The van der Waals surface area contributed by atoms with E-state index >= 15 is 0 Å². The standard InChI is InChI=1S/C28H33FN4O4/c1-36-26-9-5-3-7-22(26)25-18-24(21-6-2-4-8-23(21)29)30-33(25)27(34)19-32(28(35)20-10-11-20)13-12-31-14-16-37-17-15-31/h2-9,20,25H,10-19H2,1H3. The van der Waals surface area contributed by atoms with Crippen molar-refractivity contribution in [1.82, 2.24) is 14.8 Å². The summed E-state index contributed by atoms with van der Waals surface area (Å²) in [5.74, 6) is -0.0244. The van der Waals surface area contributed by atoms with Crippen LogP contribution >= 0.6 is 0 Å². The van der Waals surface area contributed by atoms with Crippen LogP contribution in [0.3, 0.4) is 0 Å². The zero-order valence-corrected chi connectivity index (χ0v) is 21.1. The number of methoxy groups -OCH3 is 1. The van der Waals surface area contributed by atoms with Gasteiger partial charge in [0.1, 0.15) is 18.1 Å². The van der Waals surface area contributed by atoms with Gasteiger partial charge in [-0.05, 0) is 25.0 Å². The molecule has 8 nitrogen and oxygen atoms in total. The highest BCUT2D eigenvalue weighted by Gasteiger charge is 2.39. The number of benzene rings is 2. The van der Waals surface area contributed by atoms with Crippen LogP contribution in [0, 0.1) is 11.7 Å². The van der Waals surface area contributed by atoms with Gasteiger partial charge in [0.15, 0.2) is 0 Å². The lowest BCUT2D eigenvalue weighted by atomic mass is 9.97. The van der Waals surface area contributed by atoms with Gasteiger partial charge in [0.05, 0.1) is 32.1 Å². The van der Waals surface area contributed by atoms with E-state index in [0.717, 1.165) is 31.5 Å². The number of hydrazone groups is 1. The molecule has 2 aromatic carbocycles. The van der Waals surface area contributed by atoms with E-state index in [4.69, 9.17) is 9.47 Å². The second-order valence-corrected chi connectivity index (χ2v) is 9.71. The lowest BCUT2D eigenvalue weighted by molar-refractivity contribution is -0.142. The molecular weight excluding hydrogens is 475 g/mol. The predicted molar refractivity (Wildman–Crippen MR) is 137 cm³/mol. The van der Waals surface area contributed by atoms with Crippen LogP contribution in [0.4, 0.5) is 4.39 Å². The van der Waals surface area contributed by atoms with E-state index in [-0.39, 0.29) is 30.1 Å². The summed E-state index contributed by atoms with van der Waals surface area (Å²) in [6.45, 7) is 4.08. The number of rotatable bonds is 9. The summed E-state index contributed by atoms with van der Waals surface area (Å²) in [6.07, 6.45) is 2.08. The van der Waals surface area contributed by atoms with Crippen LogP contribution in [0.2, 0.25) is 0 Å². The Morgan fingerprint density at radius 1 is 1.11 bits per heavy atom. The Morgan fingerprint density at radius 3 is 2.57 bits per heavy atom. The third kappa shape index (κ3) is 5.83. The van der Waals surface area contributed by atoms with E-state index in [0.29, 0.717) is 49.7 Å². The van der Waals surface area contributed by atoms with Crippen LogP contribution in [0.5, 0.6) is 5.75 Å². The van der Waals surface area contributed by atoms with Gasteiger partial charge in [0, 0.05) is 49.6 Å². The lowest BCUT2D eigenvalue weighted by Gasteiger charge is -2.31. The second-order valence-electron chi connectivity index (χ2n) is 9.71. The van der Waals surface area contributed by atoms with Crippen LogP contribution < -0.4 is 4.74 Å². The minimum absolute atomic E-state index is 0.00133. The highest BCUT2D eigenvalue weighted by molar-refractivity contribution is 6.03. The molecule has 9 heteroatoms. The summed E-state index contributed by atoms with van der Waals surface area (Å²) in [6, 6.07) is 13.5. The van der Waals surface area contributed by atoms with Crippen molar-refractivity contribution >= 4 is 17.5 Å². The van der Waals surface area contributed by atoms with E-state index in [1.54, 1.807) is 30.2 Å². The number of hydrogen-bond acceptors (Lipinski definition) is 6. The molecule has 0 N–H and O–H groups in total. The lowest BCUT2D eigenvalue weighted by Crippen LogP contribution is -2.47. The number of nitrogens with zero attached hydrogens (tertiary/aromatic N) is 4. The SMILES string of the molecule is COc1ccccc1C1CC(c2ccccc2F)=NN1C(=O)CN(CCN1CCOCC1)C(=O)C1CC1. The first kappa shape index (κ1) is 25.4.